The third-order valence-corrected chi connectivity index (χ3v) is 3.31. The van der Waals surface area contributed by atoms with E-state index in [9.17, 15) is 9.18 Å². The van der Waals surface area contributed by atoms with Crippen LogP contribution in [0.25, 0.3) is 0 Å². The molecule has 1 aromatic carbocycles. The SMILES string of the molecule is CCc1nnsc1C(=O)c1cc(F)ccc1C. The number of carbonyl (C=O) groups excluding carboxylic acids is 1. The summed E-state index contributed by atoms with van der Waals surface area (Å²) < 4.78 is 16.9. The lowest BCUT2D eigenvalue weighted by atomic mass is 10.0. The van der Waals surface area contributed by atoms with Crippen molar-refractivity contribution in [1.82, 2.24) is 9.59 Å². The molecule has 0 saturated carbocycles. The Morgan fingerprint density at radius 1 is 1.47 bits per heavy atom. The molecule has 17 heavy (non-hydrogen) atoms. The number of benzene rings is 1. The summed E-state index contributed by atoms with van der Waals surface area (Å²) in [5.74, 6) is -0.608. The van der Waals surface area contributed by atoms with Crippen LogP contribution in [0.5, 0.6) is 0 Å². The van der Waals surface area contributed by atoms with Crippen molar-refractivity contribution in [3.8, 4) is 0 Å². The van der Waals surface area contributed by atoms with E-state index >= 15 is 0 Å². The van der Waals surface area contributed by atoms with E-state index in [1.54, 1.807) is 13.0 Å². The molecule has 1 heterocycles. The van der Waals surface area contributed by atoms with Crippen LogP contribution >= 0.6 is 11.5 Å². The van der Waals surface area contributed by atoms with Gasteiger partial charge in [-0.05, 0) is 42.6 Å². The number of hydrogen-bond donors (Lipinski definition) is 0. The molecule has 2 aromatic rings. The highest BCUT2D eigenvalue weighted by molar-refractivity contribution is 7.08. The lowest BCUT2D eigenvalue weighted by Crippen LogP contribution is -2.05. The standard InChI is InChI=1S/C12H11FN2OS/c1-3-10-12(17-15-14-10)11(16)9-6-8(13)5-4-7(9)2/h4-6H,3H2,1-2H3. The molecule has 2 rings (SSSR count). The quantitative estimate of drug-likeness (QED) is 0.787. The maximum atomic E-state index is 13.2. The largest absolute Gasteiger partial charge is 0.288 e. The van der Waals surface area contributed by atoms with Crippen molar-refractivity contribution in [3.05, 3.63) is 45.7 Å². The minimum atomic E-state index is -0.408. The first-order chi connectivity index (χ1) is 8.13. The van der Waals surface area contributed by atoms with E-state index in [0.717, 1.165) is 17.1 Å². The Balaban J connectivity index is 2.47. The van der Waals surface area contributed by atoms with Gasteiger partial charge in [0.05, 0.1) is 5.69 Å². The molecule has 0 fully saturated rings. The molecule has 88 valence electrons. The summed E-state index contributed by atoms with van der Waals surface area (Å²) in [6.07, 6.45) is 0.645. The molecule has 0 radical (unpaired) electrons. The highest BCUT2D eigenvalue weighted by Gasteiger charge is 2.18. The highest BCUT2D eigenvalue weighted by Crippen LogP contribution is 2.20. The van der Waals surface area contributed by atoms with Crippen LogP contribution in [0, 0.1) is 12.7 Å². The van der Waals surface area contributed by atoms with E-state index in [1.807, 2.05) is 6.92 Å². The summed E-state index contributed by atoms with van der Waals surface area (Å²) in [6, 6.07) is 4.21. The number of nitrogens with zero attached hydrogens (tertiary/aromatic N) is 2. The summed E-state index contributed by atoms with van der Waals surface area (Å²) in [5.41, 5.74) is 1.81. The fourth-order valence-electron chi connectivity index (χ4n) is 1.57. The fourth-order valence-corrected chi connectivity index (χ4v) is 2.28. The Morgan fingerprint density at radius 2 is 2.24 bits per heavy atom. The average molecular weight is 250 g/mol. The maximum Gasteiger partial charge on any atom is 0.206 e. The zero-order valence-electron chi connectivity index (χ0n) is 9.53. The van der Waals surface area contributed by atoms with E-state index < -0.39 is 5.82 Å². The number of aryl methyl sites for hydroxylation is 2. The third-order valence-electron chi connectivity index (χ3n) is 2.54. The zero-order chi connectivity index (χ0) is 12.4. The molecule has 0 amide bonds. The van der Waals surface area contributed by atoms with Crippen molar-refractivity contribution in [2.75, 3.05) is 0 Å². The van der Waals surface area contributed by atoms with Crippen LogP contribution in [0.2, 0.25) is 0 Å². The number of halogens is 1. The van der Waals surface area contributed by atoms with Gasteiger partial charge in [0.1, 0.15) is 10.7 Å². The summed E-state index contributed by atoms with van der Waals surface area (Å²) in [6.45, 7) is 3.69. The third kappa shape index (κ3) is 2.24. The summed E-state index contributed by atoms with van der Waals surface area (Å²) in [5, 5.41) is 3.89. The van der Waals surface area contributed by atoms with Crippen molar-refractivity contribution >= 4 is 17.3 Å². The van der Waals surface area contributed by atoms with Gasteiger partial charge in [-0.3, -0.25) is 4.79 Å². The van der Waals surface area contributed by atoms with Crippen LogP contribution in [0.3, 0.4) is 0 Å². The minimum Gasteiger partial charge on any atom is -0.288 e. The molecule has 5 heteroatoms. The number of hydrogen-bond acceptors (Lipinski definition) is 4. The van der Waals surface area contributed by atoms with Crippen LogP contribution < -0.4 is 0 Å². The highest BCUT2D eigenvalue weighted by atomic mass is 32.1. The van der Waals surface area contributed by atoms with Crippen molar-refractivity contribution in [2.24, 2.45) is 0 Å². The van der Waals surface area contributed by atoms with Crippen molar-refractivity contribution in [2.45, 2.75) is 20.3 Å². The van der Waals surface area contributed by atoms with Crippen molar-refractivity contribution in [3.63, 3.8) is 0 Å². The van der Waals surface area contributed by atoms with Crippen LogP contribution in [-0.2, 0) is 6.42 Å². The molecule has 1 aromatic heterocycles. The molecule has 0 aliphatic heterocycles. The minimum absolute atomic E-state index is 0.200. The molecule has 0 N–H and O–H groups in total. The number of ketones is 1. The monoisotopic (exact) mass is 250 g/mol. The molecular formula is C12H11FN2OS. The van der Waals surface area contributed by atoms with E-state index in [1.165, 1.54) is 12.1 Å². The molecule has 0 aliphatic rings. The summed E-state index contributed by atoms with van der Waals surface area (Å²) in [7, 11) is 0. The predicted octanol–water partition coefficient (Wildman–Crippen LogP) is 2.78. The first-order valence-corrected chi connectivity index (χ1v) is 6.03. The Labute approximate surface area is 102 Å². The van der Waals surface area contributed by atoms with Crippen LogP contribution in [0.15, 0.2) is 18.2 Å². The van der Waals surface area contributed by atoms with Gasteiger partial charge in [-0.25, -0.2) is 4.39 Å². The van der Waals surface area contributed by atoms with Gasteiger partial charge in [0.25, 0.3) is 0 Å². The fraction of sp³-hybridized carbons (Fsp3) is 0.250. The second kappa shape index (κ2) is 4.71. The Hall–Kier alpha value is -1.62. The van der Waals surface area contributed by atoms with Gasteiger partial charge < -0.3 is 0 Å². The predicted molar refractivity (Wildman–Crippen MR) is 63.9 cm³/mol. The first kappa shape index (κ1) is 11.9. The second-order valence-corrected chi connectivity index (χ2v) is 4.44. The summed E-state index contributed by atoms with van der Waals surface area (Å²) in [4.78, 5) is 12.7. The number of rotatable bonds is 3. The Kier molecular flexibility index (Phi) is 3.28. The van der Waals surface area contributed by atoms with E-state index in [2.05, 4.69) is 9.59 Å². The van der Waals surface area contributed by atoms with Gasteiger partial charge in [-0.15, -0.1) is 5.10 Å². The van der Waals surface area contributed by atoms with Crippen molar-refractivity contribution < 1.29 is 9.18 Å². The van der Waals surface area contributed by atoms with Crippen LogP contribution in [-0.4, -0.2) is 15.4 Å². The van der Waals surface area contributed by atoms with Crippen molar-refractivity contribution in [1.29, 1.82) is 0 Å². The van der Waals surface area contributed by atoms with Gasteiger partial charge in [-0.1, -0.05) is 17.5 Å². The van der Waals surface area contributed by atoms with Crippen LogP contribution in [0.1, 0.15) is 33.4 Å². The molecule has 0 saturated heterocycles. The van der Waals surface area contributed by atoms with Gasteiger partial charge in [0, 0.05) is 5.56 Å². The molecular weight excluding hydrogens is 239 g/mol. The number of carbonyl (C=O) groups is 1. The van der Waals surface area contributed by atoms with E-state index in [-0.39, 0.29) is 5.78 Å². The second-order valence-electron chi connectivity index (χ2n) is 3.69. The molecule has 0 atom stereocenters. The normalized spacial score (nSPS) is 10.5. The first-order valence-electron chi connectivity index (χ1n) is 5.25. The lowest BCUT2D eigenvalue weighted by Gasteiger charge is -2.03. The van der Waals surface area contributed by atoms with Gasteiger partial charge in [0.2, 0.25) is 5.78 Å². The van der Waals surface area contributed by atoms with Gasteiger partial charge in [0.15, 0.2) is 0 Å². The molecule has 0 aliphatic carbocycles. The zero-order valence-corrected chi connectivity index (χ0v) is 10.3. The van der Waals surface area contributed by atoms with E-state index in [4.69, 9.17) is 0 Å². The van der Waals surface area contributed by atoms with Gasteiger partial charge in [-0.2, -0.15) is 0 Å². The maximum absolute atomic E-state index is 13.2. The van der Waals surface area contributed by atoms with Gasteiger partial charge >= 0.3 is 0 Å². The Morgan fingerprint density at radius 3 is 2.94 bits per heavy atom. The average Bonchev–Trinajstić information content (AvgIpc) is 2.79. The lowest BCUT2D eigenvalue weighted by molar-refractivity contribution is 0.104. The summed E-state index contributed by atoms with van der Waals surface area (Å²) >= 11 is 1.06. The Bertz CT molecular complexity index is 565. The molecule has 0 spiro atoms. The molecule has 0 unspecified atom stereocenters. The smallest absolute Gasteiger partial charge is 0.206 e. The van der Waals surface area contributed by atoms with Crippen LogP contribution in [0.4, 0.5) is 4.39 Å². The van der Waals surface area contributed by atoms with E-state index in [0.29, 0.717) is 22.6 Å². The molecule has 3 nitrogen and oxygen atoms in total. The topological polar surface area (TPSA) is 42.9 Å². The molecule has 0 bridgehead atoms. The number of aromatic nitrogens is 2.